The van der Waals surface area contributed by atoms with Gasteiger partial charge in [-0.3, -0.25) is 4.79 Å². The van der Waals surface area contributed by atoms with Crippen molar-refractivity contribution in [2.45, 2.75) is 10.0 Å². The molecule has 2 aromatic carbocycles. The van der Waals surface area contributed by atoms with Crippen LogP contribution in [-0.2, 0) is 33.9 Å². The Morgan fingerprint density at radius 1 is 1.17 bits per heavy atom. The molecule has 0 spiro atoms. The van der Waals surface area contributed by atoms with Crippen molar-refractivity contribution >= 4 is 51.0 Å². The summed E-state index contributed by atoms with van der Waals surface area (Å²) in [5.41, 5.74) is 4.60. The Morgan fingerprint density at radius 3 is 2.38 bits per heavy atom. The Bertz CT molecular complexity index is 1130. The predicted octanol–water partition coefficient (Wildman–Crippen LogP) is -0.585. The molecule has 1 unspecified atom stereocenters. The lowest BCUT2D eigenvalue weighted by Gasteiger charge is -2.26. The molecule has 0 aliphatic carbocycles. The summed E-state index contributed by atoms with van der Waals surface area (Å²) in [6.07, 6.45) is 0. The van der Waals surface area contributed by atoms with Gasteiger partial charge in [-0.05, 0) is 23.3 Å². The molecule has 0 saturated heterocycles. The quantitative estimate of drug-likeness (QED) is 0.501. The van der Waals surface area contributed by atoms with Crippen molar-refractivity contribution in [2.75, 3.05) is 0 Å². The highest BCUT2D eigenvalue weighted by molar-refractivity contribution is 7.90. The molecule has 0 amide bonds. The van der Waals surface area contributed by atoms with Crippen LogP contribution in [0.3, 0.4) is 0 Å². The molecule has 0 radical (unpaired) electrons. The van der Waals surface area contributed by atoms with Crippen LogP contribution in [0.25, 0.3) is 0 Å². The number of nitrogens with two attached hydrogens (primary N) is 1. The fraction of sp³-hybridized carbons (Fsp3) is 0.118. The highest BCUT2D eigenvalue weighted by Crippen LogP contribution is 2.38. The van der Waals surface area contributed by atoms with E-state index in [9.17, 15) is 17.6 Å². The molecule has 3 rings (SSSR count). The molecule has 2 aromatic rings. The number of carbonyl (C=O) groups excluding carboxylic acids is 1. The van der Waals surface area contributed by atoms with Gasteiger partial charge >= 0.3 is 10.1 Å². The Hall–Kier alpha value is -2.39. The molecule has 0 saturated carbocycles. The summed E-state index contributed by atoms with van der Waals surface area (Å²) in [6.45, 7) is 0. The third-order valence-corrected chi connectivity index (χ3v) is 7.11. The van der Waals surface area contributed by atoms with Gasteiger partial charge in [0.25, 0.3) is 0 Å². The lowest BCUT2D eigenvalue weighted by Crippen LogP contribution is -2.40. The van der Waals surface area contributed by atoms with E-state index in [1.165, 1.54) is 35.7 Å². The third-order valence-electron chi connectivity index (χ3n) is 4.93. The fourth-order valence-corrected chi connectivity index (χ4v) is 4.03. The van der Waals surface area contributed by atoms with E-state index in [-0.39, 0.29) is 10.6 Å². The summed E-state index contributed by atoms with van der Waals surface area (Å²) in [5, 5.41) is -0.132. The van der Waals surface area contributed by atoms with Crippen LogP contribution in [0.1, 0.15) is 11.1 Å². The minimum absolute atomic E-state index is 0.116. The molecular formula is C17H16B3ClFNO5S. The predicted molar refractivity (Wildman–Crippen MR) is 114 cm³/mol. The van der Waals surface area contributed by atoms with Crippen molar-refractivity contribution in [1.82, 2.24) is 0 Å². The van der Waals surface area contributed by atoms with Gasteiger partial charge in [0.2, 0.25) is 17.4 Å². The van der Waals surface area contributed by atoms with Crippen LogP contribution in [0.4, 0.5) is 4.39 Å². The number of carbonyl (C=O) groups is 1. The van der Waals surface area contributed by atoms with Crippen molar-refractivity contribution in [3.8, 4) is 0 Å². The molecule has 1 atom stereocenters. The van der Waals surface area contributed by atoms with Gasteiger partial charge in [0.05, 0.1) is 9.57 Å². The van der Waals surface area contributed by atoms with Gasteiger partial charge in [0.1, 0.15) is 21.5 Å². The average Bonchev–Trinajstić information content (AvgIpc) is 2.88. The molecular weight excluding hydrogens is 417 g/mol. The highest BCUT2D eigenvalue weighted by atomic mass is 35.5. The molecule has 1 aliphatic rings. The average molecular weight is 433 g/mol. The molecule has 2 N–H and O–H groups in total. The summed E-state index contributed by atoms with van der Waals surface area (Å²) in [5.74, 6) is -2.75. The van der Waals surface area contributed by atoms with E-state index in [2.05, 4.69) is 0 Å². The summed E-state index contributed by atoms with van der Waals surface area (Å²) < 4.78 is 48.9. The van der Waals surface area contributed by atoms with Crippen LogP contribution >= 0.6 is 11.6 Å². The molecule has 0 fully saturated rings. The normalized spacial score (nSPS) is 19.9. The van der Waals surface area contributed by atoms with E-state index in [4.69, 9.17) is 26.3 Å². The van der Waals surface area contributed by atoms with Crippen molar-refractivity contribution in [2.24, 2.45) is 5.73 Å². The van der Waals surface area contributed by atoms with Crippen molar-refractivity contribution in [3.05, 3.63) is 82.1 Å². The SMILES string of the molecule is BC1(c2ccc(Cl)c(F)c2)OC(N)=C(OS(=O)(=O)C(B)(B)c2ccccc2)C1=O. The number of ketones is 1. The van der Waals surface area contributed by atoms with Gasteiger partial charge in [-0.1, -0.05) is 48.0 Å². The summed E-state index contributed by atoms with van der Waals surface area (Å²) >= 11 is 5.68. The van der Waals surface area contributed by atoms with Crippen LogP contribution in [0.5, 0.6) is 0 Å². The zero-order valence-electron chi connectivity index (χ0n) is 15.9. The smallest absolute Gasteiger partial charge is 0.304 e. The standard InChI is InChI=1S/C17H16B3ClFNO5S/c18-16(10-6-7-11(21)12(22)8-10)14(24)13(15(23)27-16)28-29(25,26)17(19,20)9-4-2-1-3-5-9/h1-8H,18-20,23H2. The van der Waals surface area contributed by atoms with Crippen LogP contribution < -0.4 is 5.73 Å². The van der Waals surface area contributed by atoms with Crippen molar-refractivity contribution < 1.29 is 26.5 Å². The maximum Gasteiger partial charge on any atom is 0.304 e. The lowest BCUT2D eigenvalue weighted by atomic mass is 9.65. The Morgan fingerprint density at radius 2 is 1.79 bits per heavy atom. The molecule has 12 heteroatoms. The fourth-order valence-electron chi connectivity index (χ4n) is 2.90. The zero-order valence-corrected chi connectivity index (χ0v) is 17.5. The largest absolute Gasteiger partial charge is 0.467 e. The molecule has 0 bridgehead atoms. The topological polar surface area (TPSA) is 95.7 Å². The Labute approximate surface area is 175 Å². The maximum absolute atomic E-state index is 13.9. The minimum Gasteiger partial charge on any atom is -0.467 e. The van der Waals surface area contributed by atoms with Gasteiger partial charge < -0.3 is 14.7 Å². The second kappa shape index (κ2) is 7.14. The number of rotatable bonds is 5. The molecule has 0 aromatic heterocycles. The van der Waals surface area contributed by atoms with E-state index >= 15 is 0 Å². The van der Waals surface area contributed by atoms with Crippen LogP contribution in [0.15, 0.2) is 60.2 Å². The number of halogens is 2. The molecule has 148 valence electrons. The monoisotopic (exact) mass is 433 g/mol. The highest BCUT2D eigenvalue weighted by Gasteiger charge is 2.51. The van der Waals surface area contributed by atoms with Gasteiger partial charge in [-0.2, -0.15) is 8.42 Å². The number of benzene rings is 2. The number of hydrogen-bond donors (Lipinski definition) is 1. The maximum atomic E-state index is 13.9. The molecule has 1 heterocycles. The Balaban J connectivity index is 1.95. The van der Waals surface area contributed by atoms with E-state index in [0.29, 0.717) is 5.56 Å². The van der Waals surface area contributed by atoms with Crippen molar-refractivity contribution in [1.29, 1.82) is 0 Å². The van der Waals surface area contributed by atoms with Gasteiger partial charge in [0.15, 0.2) is 13.3 Å². The van der Waals surface area contributed by atoms with Crippen LogP contribution in [-0.4, -0.2) is 37.7 Å². The molecule has 29 heavy (non-hydrogen) atoms. The first kappa shape index (κ1) is 21.3. The summed E-state index contributed by atoms with van der Waals surface area (Å²) in [6, 6.07) is 12.1. The van der Waals surface area contributed by atoms with Crippen molar-refractivity contribution in [3.63, 3.8) is 0 Å². The summed E-state index contributed by atoms with van der Waals surface area (Å²) in [4.78, 5) is 13.0. The van der Waals surface area contributed by atoms with Crippen LogP contribution in [0.2, 0.25) is 5.02 Å². The lowest BCUT2D eigenvalue weighted by molar-refractivity contribution is -0.126. The van der Waals surface area contributed by atoms with E-state index in [1.807, 2.05) is 0 Å². The molecule has 6 nitrogen and oxygen atoms in total. The Kier molecular flexibility index (Phi) is 5.25. The molecule has 1 aliphatic heterocycles. The minimum atomic E-state index is -4.34. The number of hydrogen-bond acceptors (Lipinski definition) is 6. The first-order chi connectivity index (χ1) is 13.4. The third kappa shape index (κ3) is 3.53. The first-order valence-corrected chi connectivity index (χ1v) is 10.4. The number of ether oxygens (including phenoxy) is 1. The van der Waals surface area contributed by atoms with Crippen LogP contribution in [0, 0.1) is 5.82 Å². The van der Waals surface area contributed by atoms with Gasteiger partial charge in [-0.25, -0.2) is 4.39 Å². The zero-order chi connectivity index (χ0) is 21.6. The summed E-state index contributed by atoms with van der Waals surface area (Å²) in [7, 11) is -0.106. The van der Waals surface area contributed by atoms with Gasteiger partial charge in [-0.15, -0.1) is 0 Å². The first-order valence-electron chi connectivity index (χ1n) is 8.59. The second-order valence-electron chi connectivity index (χ2n) is 7.20. The van der Waals surface area contributed by atoms with E-state index < -0.39 is 43.4 Å². The van der Waals surface area contributed by atoms with E-state index in [1.54, 1.807) is 30.3 Å². The van der Waals surface area contributed by atoms with Gasteiger partial charge in [0, 0.05) is 0 Å². The van der Waals surface area contributed by atoms with E-state index in [0.717, 1.165) is 6.07 Å². The second-order valence-corrected chi connectivity index (χ2v) is 9.70. The number of Topliss-reactive ketones (excluding diaryl/α,β-unsaturated/α-hetero) is 1.